The Morgan fingerprint density at radius 1 is 0.500 bits per heavy atom. The molecule has 0 amide bonds. The summed E-state index contributed by atoms with van der Waals surface area (Å²) in [5.41, 5.74) is 0. The summed E-state index contributed by atoms with van der Waals surface area (Å²) in [5.74, 6) is 0. The molecule has 0 nitrogen and oxygen atoms in total. The van der Waals surface area contributed by atoms with Crippen molar-refractivity contribution in [2.75, 3.05) is 0 Å². The lowest BCUT2D eigenvalue weighted by Gasteiger charge is -2.60. The Labute approximate surface area is 109 Å². The van der Waals surface area contributed by atoms with E-state index in [9.17, 15) is 0 Å². The first-order valence-electron chi connectivity index (χ1n) is 6.69. The maximum atomic E-state index is 2.71. The van der Waals surface area contributed by atoms with Gasteiger partial charge in [0.25, 0.3) is 0 Å². The van der Waals surface area contributed by atoms with Gasteiger partial charge in [-0.05, 0) is 0 Å². The van der Waals surface area contributed by atoms with Gasteiger partial charge in [-0.1, -0.05) is 72.0 Å². The smallest absolute Gasteiger partial charge is 0.0310 e. The minimum Gasteiger partial charge on any atom is -0.0746 e. The standard InChI is InChI=1S/C11H34Si5/c1-12(2)16(13(3,4)5,14(6,7)8)15(9,10)11/h12H,1-11H3. The van der Waals surface area contributed by atoms with Crippen LogP contribution >= 0.6 is 0 Å². The van der Waals surface area contributed by atoms with Crippen LogP contribution < -0.4 is 0 Å². The van der Waals surface area contributed by atoms with Crippen molar-refractivity contribution in [3.8, 4) is 0 Å². The van der Waals surface area contributed by atoms with Crippen molar-refractivity contribution in [1.82, 2.24) is 0 Å². The van der Waals surface area contributed by atoms with Gasteiger partial charge in [0, 0.05) is 37.2 Å². The fourth-order valence-electron chi connectivity index (χ4n) is 5.97. The first-order chi connectivity index (χ1) is 6.69. The topological polar surface area (TPSA) is 0 Å². The zero-order valence-corrected chi connectivity index (χ0v) is 18.7. The van der Waals surface area contributed by atoms with Crippen LogP contribution in [-0.4, -0.2) is 37.2 Å². The predicted octanol–water partition coefficient (Wildman–Crippen LogP) is 4.25. The van der Waals surface area contributed by atoms with Gasteiger partial charge in [-0.3, -0.25) is 0 Å². The Kier molecular flexibility index (Phi) is 4.95. The lowest BCUT2D eigenvalue weighted by atomic mass is 11.8. The summed E-state index contributed by atoms with van der Waals surface area (Å²) in [6.07, 6.45) is -0.922. The van der Waals surface area contributed by atoms with Gasteiger partial charge in [0.1, 0.15) is 0 Å². The quantitative estimate of drug-likeness (QED) is 0.681. The molecule has 0 radical (unpaired) electrons. The summed E-state index contributed by atoms with van der Waals surface area (Å²) >= 11 is 0. The molecule has 0 aromatic carbocycles. The molecule has 0 unspecified atom stereocenters. The minimum atomic E-state index is -0.947. The van der Waals surface area contributed by atoms with Gasteiger partial charge in [0.2, 0.25) is 0 Å². The second-order valence-electron chi connectivity index (χ2n) is 8.71. The van der Waals surface area contributed by atoms with Crippen LogP contribution in [-0.2, 0) is 0 Å². The van der Waals surface area contributed by atoms with Crippen LogP contribution in [0.3, 0.4) is 0 Å². The van der Waals surface area contributed by atoms with Crippen molar-refractivity contribution in [1.29, 1.82) is 0 Å². The molecule has 0 aliphatic carbocycles. The van der Waals surface area contributed by atoms with Crippen molar-refractivity contribution in [3.05, 3.63) is 0 Å². The first-order valence-corrected chi connectivity index (χ1v) is 26.3. The molecule has 98 valence electrons. The molecule has 0 heterocycles. The van der Waals surface area contributed by atoms with E-state index in [1.165, 1.54) is 0 Å². The summed E-state index contributed by atoms with van der Waals surface area (Å²) in [6.45, 7) is 29.8. The summed E-state index contributed by atoms with van der Waals surface area (Å²) in [4.78, 5) is 0. The van der Waals surface area contributed by atoms with E-state index in [0.717, 1.165) is 0 Å². The molecular formula is C11H34Si5. The van der Waals surface area contributed by atoms with Crippen LogP contribution in [0.1, 0.15) is 0 Å². The highest BCUT2D eigenvalue weighted by Crippen LogP contribution is 2.38. The van der Waals surface area contributed by atoms with Crippen LogP contribution in [0.15, 0.2) is 0 Å². The van der Waals surface area contributed by atoms with E-state index >= 15 is 0 Å². The molecule has 16 heavy (non-hydrogen) atoms. The van der Waals surface area contributed by atoms with E-state index in [4.69, 9.17) is 0 Å². The zero-order chi connectivity index (χ0) is 13.6. The van der Waals surface area contributed by atoms with Crippen molar-refractivity contribution < 1.29 is 0 Å². The second kappa shape index (κ2) is 4.64. The van der Waals surface area contributed by atoms with Crippen LogP contribution in [0.4, 0.5) is 0 Å². The van der Waals surface area contributed by atoms with Crippen molar-refractivity contribution >= 4 is 37.2 Å². The Morgan fingerprint density at radius 2 is 0.688 bits per heavy atom. The fourth-order valence-corrected chi connectivity index (χ4v) is 161. The molecular weight excluding hydrogens is 273 g/mol. The van der Waals surface area contributed by atoms with Crippen LogP contribution in [0.25, 0.3) is 0 Å². The normalized spacial score (nSPS) is 15.8. The lowest BCUT2D eigenvalue weighted by Crippen LogP contribution is -2.88. The number of hydrogen-bond donors (Lipinski definition) is 0. The van der Waals surface area contributed by atoms with E-state index in [2.05, 4.69) is 72.0 Å². The third-order valence-corrected chi connectivity index (χ3v) is 119. The van der Waals surface area contributed by atoms with E-state index in [1.807, 2.05) is 0 Å². The maximum absolute atomic E-state index is 2.71. The fraction of sp³-hybridized carbons (Fsp3) is 1.00. The summed E-state index contributed by atoms with van der Waals surface area (Å²) in [5, 5.41) is 0. The SMILES string of the molecule is C[SiH](C)[Si]([Si](C)(C)C)([Si](C)(C)C)[Si](C)(C)C. The van der Waals surface area contributed by atoms with Crippen LogP contribution in [0, 0.1) is 0 Å². The molecule has 0 saturated carbocycles. The minimum absolute atomic E-state index is 0.472. The molecule has 0 aromatic heterocycles. The van der Waals surface area contributed by atoms with Gasteiger partial charge in [-0.2, -0.15) is 0 Å². The predicted molar refractivity (Wildman–Crippen MR) is 94.7 cm³/mol. The number of rotatable bonds is 4. The highest BCUT2D eigenvalue weighted by atomic mass is 30.2. The van der Waals surface area contributed by atoms with Gasteiger partial charge in [-0.15, -0.1) is 0 Å². The molecule has 0 aromatic rings. The molecule has 0 bridgehead atoms. The third kappa shape index (κ3) is 2.58. The Bertz CT molecular complexity index is 203. The Hall–Kier alpha value is 1.08. The Morgan fingerprint density at radius 3 is 0.688 bits per heavy atom. The second-order valence-corrected chi connectivity index (χ2v) is 62.5. The molecule has 5 heteroatoms. The molecule has 0 atom stereocenters. The van der Waals surface area contributed by atoms with Crippen LogP contribution in [0.2, 0.25) is 72.0 Å². The van der Waals surface area contributed by atoms with Crippen molar-refractivity contribution in [3.63, 3.8) is 0 Å². The summed E-state index contributed by atoms with van der Waals surface area (Å²) in [7, 11) is -3.31. The highest BCUT2D eigenvalue weighted by molar-refractivity contribution is 8.03. The molecule has 0 aliphatic rings. The average molecular weight is 307 g/mol. The maximum Gasteiger partial charge on any atom is 0.0310 e. The highest BCUT2D eigenvalue weighted by Gasteiger charge is 2.62. The largest absolute Gasteiger partial charge is 0.0746 e. The van der Waals surface area contributed by atoms with E-state index in [0.29, 0.717) is 0 Å². The summed E-state index contributed by atoms with van der Waals surface area (Å²) < 4.78 is 0. The monoisotopic (exact) mass is 306 g/mol. The zero-order valence-electron chi connectivity index (χ0n) is 13.6. The molecule has 0 saturated heterocycles. The van der Waals surface area contributed by atoms with Gasteiger partial charge >= 0.3 is 0 Å². The van der Waals surface area contributed by atoms with Gasteiger partial charge in [-0.25, -0.2) is 0 Å². The van der Waals surface area contributed by atoms with Gasteiger partial charge in [0.05, 0.1) is 0 Å². The lowest BCUT2D eigenvalue weighted by molar-refractivity contribution is 1.75. The number of hydrogen-bond acceptors (Lipinski definition) is 0. The first kappa shape index (κ1) is 17.1. The van der Waals surface area contributed by atoms with E-state index in [-0.39, 0.29) is 0 Å². The molecule has 0 N–H and O–H groups in total. The molecule has 0 spiro atoms. The van der Waals surface area contributed by atoms with E-state index in [1.54, 1.807) is 0 Å². The van der Waals surface area contributed by atoms with E-state index < -0.39 is 37.2 Å². The molecule has 0 fully saturated rings. The molecule has 0 rings (SSSR count). The summed E-state index contributed by atoms with van der Waals surface area (Å²) in [6, 6.07) is 0. The van der Waals surface area contributed by atoms with Gasteiger partial charge < -0.3 is 0 Å². The van der Waals surface area contributed by atoms with Crippen LogP contribution in [0.5, 0.6) is 0 Å². The van der Waals surface area contributed by atoms with Crippen molar-refractivity contribution in [2.24, 2.45) is 0 Å². The Balaban J connectivity index is 6.05. The van der Waals surface area contributed by atoms with Gasteiger partial charge in [0.15, 0.2) is 0 Å². The molecule has 0 aliphatic heterocycles. The average Bonchev–Trinajstić information content (AvgIpc) is 1.71. The van der Waals surface area contributed by atoms with Crippen molar-refractivity contribution in [2.45, 2.75) is 72.0 Å². The third-order valence-electron chi connectivity index (χ3n) is 4.42.